The summed E-state index contributed by atoms with van der Waals surface area (Å²) in [6, 6.07) is 11.3. The SMILES string of the molecule is CCOc1cc([C@H]2c3c(oc4ccccc4c3=O)C(=O)N2CCCN(C)C)ccc1O. The molecule has 0 bridgehead atoms. The molecule has 1 aromatic heterocycles. The molecule has 162 valence electrons. The van der Waals surface area contributed by atoms with Crippen LogP contribution in [0.15, 0.2) is 51.7 Å². The maximum atomic E-state index is 13.4. The van der Waals surface area contributed by atoms with Crippen molar-refractivity contribution in [3.05, 3.63) is 69.6 Å². The Bertz CT molecular complexity index is 1180. The number of phenolic OH excluding ortho intramolecular Hbond substituents is 1. The van der Waals surface area contributed by atoms with E-state index in [1.807, 2.05) is 25.9 Å². The highest BCUT2D eigenvalue weighted by Gasteiger charge is 2.42. The number of hydrogen-bond acceptors (Lipinski definition) is 6. The number of nitrogens with zero attached hydrogens (tertiary/aromatic N) is 2. The zero-order valence-electron chi connectivity index (χ0n) is 17.9. The number of phenols is 1. The highest BCUT2D eigenvalue weighted by Crippen LogP contribution is 2.40. The standard InChI is InChI=1S/C24H26N2O5/c1-4-30-19-14-15(10-11-17(19)27)21-20-22(28)16-8-5-6-9-18(16)31-23(20)24(29)26(21)13-7-12-25(2)3/h5-6,8-11,14,21,27H,4,7,12-13H2,1-3H3/t21-/m0/s1. The van der Waals surface area contributed by atoms with Crippen molar-refractivity contribution < 1.29 is 19.1 Å². The van der Waals surface area contributed by atoms with Crippen molar-refractivity contribution in [3.8, 4) is 11.5 Å². The van der Waals surface area contributed by atoms with E-state index in [0.717, 1.165) is 13.0 Å². The lowest BCUT2D eigenvalue weighted by molar-refractivity contribution is 0.0722. The van der Waals surface area contributed by atoms with Crippen LogP contribution in [-0.2, 0) is 0 Å². The molecular weight excluding hydrogens is 396 g/mol. The second kappa shape index (κ2) is 8.43. The Hall–Kier alpha value is -3.32. The van der Waals surface area contributed by atoms with E-state index in [1.54, 1.807) is 41.3 Å². The van der Waals surface area contributed by atoms with Gasteiger partial charge in [0.05, 0.1) is 23.6 Å². The fourth-order valence-electron chi connectivity index (χ4n) is 4.07. The van der Waals surface area contributed by atoms with Crippen LogP contribution in [0.1, 0.15) is 41.1 Å². The fraction of sp³-hybridized carbons (Fsp3) is 0.333. The smallest absolute Gasteiger partial charge is 0.290 e. The summed E-state index contributed by atoms with van der Waals surface area (Å²) in [4.78, 5) is 30.5. The first kappa shape index (κ1) is 20.9. The minimum absolute atomic E-state index is 0.0138. The topological polar surface area (TPSA) is 83.2 Å². The second-order valence-corrected chi connectivity index (χ2v) is 7.89. The molecule has 0 fully saturated rings. The third-order valence-electron chi connectivity index (χ3n) is 5.48. The van der Waals surface area contributed by atoms with Gasteiger partial charge in [0.1, 0.15) is 5.58 Å². The minimum atomic E-state index is -0.606. The molecule has 0 radical (unpaired) electrons. The molecule has 0 spiro atoms. The van der Waals surface area contributed by atoms with Gasteiger partial charge in [-0.05, 0) is 63.8 Å². The molecule has 1 N–H and O–H groups in total. The van der Waals surface area contributed by atoms with E-state index in [-0.39, 0.29) is 22.8 Å². The summed E-state index contributed by atoms with van der Waals surface area (Å²) < 4.78 is 11.5. The summed E-state index contributed by atoms with van der Waals surface area (Å²) in [5.74, 6) is 0.122. The lowest BCUT2D eigenvalue weighted by Gasteiger charge is -2.26. The van der Waals surface area contributed by atoms with Crippen LogP contribution in [-0.4, -0.2) is 54.6 Å². The Labute approximate surface area is 180 Å². The molecule has 1 amide bonds. The summed E-state index contributed by atoms with van der Waals surface area (Å²) in [5, 5.41) is 10.6. The third-order valence-corrected chi connectivity index (χ3v) is 5.48. The van der Waals surface area contributed by atoms with Crippen molar-refractivity contribution in [2.45, 2.75) is 19.4 Å². The Kier molecular flexibility index (Phi) is 5.69. The zero-order chi connectivity index (χ0) is 22.1. The summed E-state index contributed by atoms with van der Waals surface area (Å²) in [7, 11) is 3.95. The number of aromatic hydroxyl groups is 1. The van der Waals surface area contributed by atoms with Crippen molar-refractivity contribution in [2.75, 3.05) is 33.8 Å². The van der Waals surface area contributed by atoms with Crippen LogP contribution in [0, 0.1) is 0 Å². The van der Waals surface area contributed by atoms with Crippen LogP contribution in [0.25, 0.3) is 11.0 Å². The zero-order valence-corrected chi connectivity index (χ0v) is 17.9. The summed E-state index contributed by atoms with van der Waals surface area (Å²) in [6.45, 7) is 3.48. The van der Waals surface area contributed by atoms with Gasteiger partial charge in [0.25, 0.3) is 5.91 Å². The predicted octanol–water partition coefficient (Wildman–Crippen LogP) is 3.39. The van der Waals surface area contributed by atoms with Crippen molar-refractivity contribution in [1.82, 2.24) is 9.80 Å². The van der Waals surface area contributed by atoms with Crippen LogP contribution in [0.4, 0.5) is 0 Å². The highest BCUT2D eigenvalue weighted by molar-refractivity contribution is 5.99. The maximum absolute atomic E-state index is 13.4. The first-order valence-electron chi connectivity index (χ1n) is 10.4. The molecular formula is C24H26N2O5. The number of carbonyl (C=O) groups excluding carboxylic acids is 1. The summed E-state index contributed by atoms with van der Waals surface area (Å²) in [5.41, 5.74) is 1.22. The van der Waals surface area contributed by atoms with Crippen molar-refractivity contribution >= 4 is 16.9 Å². The van der Waals surface area contributed by atoms with Gasteiger partial charge in [0, 0.05) is 6.54 Å². The molecule has 2 aromatic carbocycles. The Balaban J connectivity index is 1.87. The van der Waals surface area contributed by atoms with E-state index in [9.17, 15) is 14.7 Å². The van der Waals surface area contributed by atoms with E-state index in [4.69, 9.17) is 9.15 Å². The van der Waals surface area contributed by atoms with E-state index in [2.05, 4.69) is 0 Å². The van der Waals surface area contributed by atoms with Crippen LogP contribution in [0.3, 0.4) is 0 Å². The largest absolute Gasteiger partial charge is 0.504 e. The van der Waals surface area contributed by atoms with Gasteiger partial charge in [-0.3, -0.25) is 9.59 Å². The Morgan fingerprint density at radius 2 is 1.94 bits per heavy atom. The number of para-hydroxylation sites is 1. The van der Waals surface area contributed by atoms with Gasteiger partial charge in [0.15, 0.2) is 16.9 Å². The fourth-order valence-corrected chi connectivity index (χ4v) is 4.07. The van der Waals surface area contributed by atoms with Crippen LogP contribution >= 0.6 is 0 Å². The second-order valence-electron chi connectivity index (χ2n) is 7.89. The maximum Gasteiger partial charge on any atom is 0.290 e. The van der Waals surface area contributed by atoms with Crippen LogP contribution < -0.4 is 10.2 Å². The summed E-state index contributed by atoms with van der Waals surface area (Å²) in [6.07, 6.45) is 0.743. The monoisotopic (exact) mass is 422 g/mol. The average Bonchev–Trinajstić information content (AvgIpc) is 3.02. The summed E-state index contributed by atoms with van der Waals surface area (Å²) >= 11 is 0. The lowest BCUT2D eigenvalue weighted by Crippen LogP contribution is -2.32. The van der Waals surface area contributed by atoms with Gasteiger partial charge >= 0.3 is 0 Å². The molecule has 3 aromatic rings. The van der Waals surface area contributed by atoms with Crippen LogP contribution in [0.2, 0.25) is 0 Å². The van der Waals surface area contributed by atoms with Gasteiger partial charge < -0.3 is 24.1 Å². The average molecular weight is 422 g/mol. The van der Waals surface area contributed by atoms with Crippen molar-refractivity contribution in [3.63, 3.8) is 0 Å². The number of benzene rings is 2. The van der Waals surface area contributed by atoms with E-state index in [1.165, 1.54) is 6.07 Å². The molecule has 7 nitrogen and oxygen atoms in total. The van der Waals surface area contributed by atoms with Crippen LogP contribution in [0.5, 0.6) is 11.5 Å². The van der Waals surface area contributed by atoms with E-state index < -0.39 is 6.04 Å². The number of amides is 1. The lowest BCUT2D eigenvalue weighted by atomic mass is 9.98. The van der Waals surface area contributed by atoms with E-state index in [0.29, 0.717) is 41.0 Å². The predicted molar refractivity (Wildman–Crippen MR) is 118 cm³/mol. The van der Waals surface area contributed by atoms with Gasteiger partial charge in [-0.2, -0.15) is 0 Å². The molecule has 0 saturated carbocycles. The van der Waals surface area contributed by atoms with Gasteiger partial charge in [0.2, 0.25) is 5.76 Å². The quantitative estimate of drug-likeness (QED) is 0.628. The number of fused-ring (bicyclic) bond motifs is 2. The molecule has 0 aliphatic carbocycles. The Morgan fingerprint density at radius 3 is 2.68 bits per heavy atom. The third kappa shape index (κ3) is 3.77. The molecule has 1 aliphatic heterocycles. The molecule has 4 rings (SSSR count). The first-order valence-corrected chi connectivity index (χ1v) is 10.4. The molecule has 7 heteroatoms. The normalized spacial score (nSPS) is 15.7. The van der Waals surface area contributed by atoms with Gasteiger partial charge in [-0.25, -0.2) is 0 Å². The molecule has 31 heavy (non-hydrogen) atoms. The van der Waals surface area contributed by atoms with Crippen molar-refractivity contribution in [2.24, 2.45) is 0 Å². The number of rotatable bonds is 7. The highest BCUT2D eigenvalue weighted by atomic mass is 16.5. The number of carbonyl (C=O) groups is 1. The molecule has 0 unspecified atom stereocenters. The first-order chi connectivity index (χ1) is 14.9. The van der Waals surface area contributed by atoms with Gasteiger partial charge in [-0.1, -0.05) is 18.2 Å². The Morgan fingerprint density at radius 1 is 1.16 bits per heavy atom. The van der Waals surface area contributed by atoms with E-state index >= 15 is 0 Å². The van der Waals surface area contributed by atoms with Gasteiger partial charge in [-0.15, -0.1) is 0 Å². The molecule has 1 aliphatic rings. The molecule has 2 heterocycles. The molecule has 1 atom stereocenters. The molecule has 0 saturated heterocycles. The number of hydrogen-bond donors (Lipinski definition) is 1. The number of ether oxygens (including phenoxy) is 1. The minimum Gasteiger partial charge on any atom is -0.504 e. The van der Waals surface area contributed by atoms with Crippen molar-refractivity contribution in [1.29, 1.82) is 0 Å².